The van der Waals surface area contributed by atoms with Crippen LogP contribution in [-0.4, -0.2) is 52.6 Å². The molecule has 0 spiro atoms. The lowest BCUT2D eigenvalue weighted by molar-refractivity contribution is -0.128. The SMILES string of the molecule is COCCN1CC(c2ncc(-c3cccnc3)[nH]2)CC1=O. The van der Waals surface area contributed by atoms with Gasteiger partial charge in [0.15, 0.2) is 0 Å². The van der Waals surface area contributed by atoms with Gasteiger partial charge in [0.25, 0.3) is 0 Å². The molecule has 1 aliphatic heterocycles. The molecule has 1 amide bonds. The summed E-state index contributed by atoms with van der Waals surface area (Å²) in [7, 11) is 1.64. The van der Waals surface area contributed by atoms with Crippen molar-refractivity contribution in [2.75, 3.05) is 26.8 Å². The molecule has 1 fully saturated rings. The molecule has 0 aliphatic carbocycles. The van der Waals surface area contributed by atoms with E-state index in [4.69, 9.17) is 4.74 Å². The highest BCUT2D eigenvalue weighted by Gasteiger charge is 2.32. The molecule has 21 heavy (non-hydrogen) atoms. The lowest BCUT2D eigenvalue weighted by Crippen LogP contribution is -2.28. The van der Waals surface area contributed by atoms with Crippen molar-refractivity contribution < 1.29 is 9.53 Å². The Kier molecular flexibility index (Phi) is 3.96. The van der Waals surface area contributed by atoms with Gasteiger partial charge in [0.2, 0.25) is 5.91 Å². The van der Waals surface area contributed by atoms with Gasteiger partial charge in [-0.15, -0.1) is 0 Å². The predicted molar refractivity (Wildman–Crippen MR) is 77.6 cm³/mol. The van der Waals surface area contributed by atoms with Gasteiger partial charge >= 0.3 is 0 Å². The van der Waals surface area contributed by atoms with E-state index in [1.807, 2.05) is 17.0 Å². The second-order valence-electron chi connectivity index (χ2n) is 5.16. The minimum Gasteiger partial charge on any atom is -0.383 e. The lowest BCUT2D eigenvalue weighted by Gasteiger charge is -2.15. The van der Waals surface area contributed by atoms with Crippen LogP contribution in [0.1, 0.15) is 18.2 Å². The first kappa shape index (κ1) is 13.8. The maximum absolute atomic E-state index is 12.0. The Balaban J connectivity index is 1.71. The topological polar surface area (TPSA) is 71.1 Å². The summed E-state index contributed by atoms with van der Waals surface area (Å²) in [5.74, 6) is 1.15. The molecule has 0 radical (unpaired) electrons. The molecule has 3 rings (SSSR count). The number of hydrogen-bond acceptors (Lipinski definition) is 4. The van der Waals surface area contributed by atoms with Crippen LogP contribution in [0.4, 0.5) is 0 Å². The molecule has 0 saturated carbocycles. The number of carbonyl (C=O) groups excluding carboxylic acids is 1. The fourth-order valence-electron chi connectivity index (χ4n) is 2.59. The Labute approximate surface area is 123 Å². The van der Waals surface area contributed by atoms with E-state index in [2.05, 4.69) is 15.0 Å². The fraction of sp³-hybridized carbons (Fsp3) is 0.400. The summed E-state index contributed by atoms with van der Waals surface area (Å²) in [5, 5.41) is 0. The summed E-state index contributed by atoms with van der Waals surface area (Å²) in [6.07, 6.45) is 5.84. The molecule has 6 nitrogen and oxygen atoms in total. The maximum Gasteiger partial charge on any atom is 0.223 e. The zero-order chi connectivity index (χ0) is 14.7. The monoisotopic (exact) mass is 286 g/mol. The van der Waals surface area contributed by atoms with E-state index in [-0.39, 0.29) is 11.8 Å². The number of H-pyrrole nitrogens is 1. The summed E-state index contributed by atoms with van der Waals surface area (Å²) in [6.45, 7) is 1.90. The van der Waals surface area contributed by atoms with E-state index < -0.39 is 0 Å². The van der Waals surface area contributed by atoms with Crippen LogP contribution in [0.2, 0.25) is 0 Å². The first-order chi connectivity index (χ1) is 10.3. The number of amides is 1. The smallest absolute Gasteiger partial charge is 0.223 e. The van der Waals surface area contributed by atoms with Gasteiger partial charge < -0.3 is 14.6 Å². The number of likely N-dealkylation sites (tertiary alicyclic amines) is 1. The Morgan fingerprint density at radius 1 is 1.48 bits per heavy atom. The third-order valence-electron chi connectivity index (χ3n) is 3.73. The number of hydrogen-bond donors (Lipinski definition) is 1. The second kappa shape index (κ2) is 6.05. The minimum atomic E-state index is 0.125. The molecule has 1 saturated heterocycles. The average molecular weight is 286 g/mol. The van der Waals surface area contributed by atoms with Crippen molar-refractivity contribution >= 4 is 5.91 Å². The van der Waals surface area contributed by atoms with Gasteiger partial charge in [-0.3, -0.25) is 9.78 Å². The molecule has 1 atom stereocenters. The third-order valence-corrected chi connectivity index (χ3v) is 3.73. The highest BCUT2D eigenvalue weighted by atomic mass is 16.5. The molecule has 0 aromatic carbocycles. The zero-order valence-corrected chi connectivity index (χ0v) is 12.0. The standard InChI is InChI=1S/C15H18N4O2/c1-21-6-5-19-10-12(7-14(19)20)15-17-9-13(18-15)11-3-2-4-16-8-11/h2-4,8-9,12H,5-7,10H2,1H3,(H,17,18). The summed E-state index contributed by atoms with van der Waals surface area (Å²) in [5.41, 5.74) is 1.93. The number of imidazole rings is 1. The third kappa shape index (κ3) is 2.95. The van der Waals surface area contributed by atoms with Gasteiger partial charge in [-0.05, 0) is 12.1 Å². The molecule has 3 heterocycles. The number of aromatic nitrogens is 3. The molecule has 1 aliphatic rings. The van der Waals surface area contributed by atoms with Crippen LogP contribution in [0.3, 0.4) is 0 Å². The molecule has 0 bridgehead atoms. The number of nitrogens with zero attached hydrogens (tertiary/aromatic N) is 3. The van der Waals surface area contributed by atoms with Gasteiger partial charge in [-0.1, -0.05) is 0 Å². The number of rotatable bonds is 5. The molecule has 1 unspecified atom stereocenters. The summed E-state index contributed by atoms with van der Waals surface area (Å²) in [4.78, 5) is 25.6. The quantitative estimate of drug-likeness (QED) is 0.902. The molecule has 6 heteroatoms. The maximum atomic E-state index is 12.0. The minimum absolute atomic E-state index is 0.125. The molecule has 2 aromatic heterocycles. The first-order valence-corrected chi connectivity index (χ1v) is 7.00. The van der Waals surface area contributed by atoms with Crippen molar-refractivity contribution in [3.05, 3.63) is 36.5 Å². The normalized spacial score (nSPS) is 18.4. The molecule has 1 N–H and O–H groups in total. The zero-order valence-electron chi connectivity index (χ0n) is 12.0. The van der Waals surface area contributed by atoms with Gasteiger partial charge in [0, 0.05) is 50.5 Å². The van der Waals surface area contributed by atoms with Gasteiger partial charge in [-0.2, -0.15) is 0 Å². The highest BCUT2D eigenvalue weighted by molar-refractivity contribution is 5.79. The van der Waals surface area contributed by atoms with Crippen molar-refractivity contribution in [1.82, 2.24) is 19.9 Å². The fourth-order valence-corrected chi connectivity index (χ4v) is 2.59. The van der Waals surface area contributed by atoms with E-state index in [1.165, 1.54) is 0 Å². The largest absolute Gasteiger partial charge is 0.383 e. The highest BCUT2D eigenvalue weighted by Crippen LogP contribution is 2.27. The van der Waals surface area contributed by atoms with E-state index >= 15 is 0 Å². The molecular weight excluding hydrogens is 268 g/mol. The number of aromatic amines is 1. The Morgan fingerprint density at radius 2 is 2.38 bits per heavy atom. The molecular formula is C15H18N4O2. The van der Waals surface area contributed by atoms with Gasteiger partial charge in [0.1, 0.15) is 5.82 Å². The Bertz CT molecular complexity index is 611. The summed E-state index contributed by atoms with van der Waals surface area (Å²) < 4.78 is 5.03. The van der Waals surface area contributed by atoms with Crippen LogP contribution in [0, 0.1) is 0 Å². The molecule has 2 aromatic rings. The summed E-state index contributed by atoms with van der Waals surface area (Å²) >= 11 is 0. The predicted octanol–water partition coefficient (Wildman–Crippen LogP) is 1.43. The van der Waals surface area contributed by atoms with E-state index in [0.29, 0.717) is 26.1 Å². The number of pyridine rings is 1. The average Bonchev–Trinajstić information content (AvgIpc) is 3.13. The van der Waals surface area contributed by atoms with Crippen LogP contribution < -0.4 is 0 Å². The van der Waals surface area contributed by atoms with Crippen LogP contribution in [-0.2, 0) is 9.53 Å². The van der Waals surface area contributed by atoms with Crippen molar-refractivity contribution in [2.24, 2.45) is 0 Å². The molecule has 110 valence electrons. The lowest BCUT2D eigenvalue weighted by atomic mass is 10.1. The Morgan fingerprint density at radius 3 is 3.14 bits per heavy atom. The van der Waals surface area contributed by atoms with E-state index in [9.17, 15) is 4.79 Å². The van der Waals surface area contributed by atoms with Crippen molar-refractivity contribution in [1.29, 1.82) is 0 Å². The summed E-state index contributed by atoms with van der Waals surface area (Å²) in [6, 6.07) is 3.87. The van der Waals surface area contributed by atoms with Gasteiger partial charge in [0.05, 0.1) is 18.5 Å². The Hall–Kier alpha value is -2.21. The second-order valence-corrected chi connectivity index (χ2v) is 5.16. The van der Waals surface area contributed by atoms with Crippen LogP contribution in [0.25, 0.3) is 11.3 Å². The number of carbonyl (C=O) groups is 1. The number of ether oxygens (including phenoxy) is 1. The number of nitrogens with one attached hydrogen (secondary N) is 1. The number of methoxy groups -OCH3 is 1. The van der Waals surface area contributed by atoms with Gasteiger partial charge in [-0.25, -0.2) is 4.98 Å². The van der Waals surface area contributed by atoms with Crippen LogP contribution in [0.15, 0.2) is 30.7 Å². The van der Waals surface area contributed by atoms with Crippen LogP contribution >= 0.6 is 0 Å². The first-order valence-electron chi connectivity index (χ1n) is 7.00. The van der Waals surface area contributed by atoms with Crippen molar-refractivity contribution in [3.63, 3.8) is 0 Å². The van der Waals surface area contributed by atoms with Crippen LogP contribution in [0.5, 0.6) is 0 Å². The van der Waals surface area contributed by atoms with Crippen molar-refractivity contribution in [3.8, 4) is 11.3 Å². The van der Waals surface area contributed by atoms with Crippen molar-refractivity contribution in [2.45, 2.75) is 12.3 Å². The van der Waals surface area contributed by atoms with E-state index in [0.717, 1.165) is 17.1 Å². The van der Waals surface area contributed by atoms with E-state index in [1.54, 1.807) is 25.7 Å².